The van der Waals surface area contributed by atoms with Gasteiger partial charge in [0.1, 0.15) is 0 Å². The average Bonchev–Trinajstić information content (AvgIpc) is 1.99. The predicted octanol–water partition coefficient (Wildman–Crippen LogP) is 0.893. The molecule has 0 fully saturated rings. The average molecular weight is 201 g/mol. The molecule has 0 aliphatic rings. The molecule has 0 spiro atoms. The molecule has 4 nitrogen and oxygen atoms in total. The van der Waals surface area contributed by atoms with E-state index in [9.17, 15) is 4.79 Å². The Morgan fingerprint density at radius 1 is 1.21 bits per heavy atom. The second kappa shape index (κ2) is 5.86. The van der Waals surface area contributed by atoms with Gasteiger partial charge in [0.15, 0.2) is 0 Å². The highest BCUT2D eigenvalue weighted by atomic mass is 16.2. The fourth-order valence-electron chi connectivity index (χ4n) is 0.801. The number of likely N-dealkylation sites (N-methyl/N-ethyl adjacent to an activating group) is 1. The molecule has 0 atom stereocenters. The van der Waals surface area contributed by atoms with Gasteiger partial charge in [0.25, 0.3) is 0 Å². The Bertz CT molecular complexity index is 173. The lowest BCUT2D eigenvalue weighted by Gasteiger charge is -2.19. The summed E-state index contributed by atoms with van der Waals surface area (Å²) in [6.07, 6.45) is 0. The minimum absolute atomic E-state index is 0.0817. The molecule has 0 aromatic carbocycles. The third-order valence-corrected chi connectivity index (χ3v) is 1.62. The Labute approximate surface area is 87.0 Å². The van der Waals surface area contributed by atoms with Crippen molar-refractivity contribution in [2.45, 2.75) is 20.8 Å². The van der Waals surface area contributed by atoms with E-state index in [0.717, 1.165) is 6.54 Å². The van der Waals surface area contributed by atoms with E-state index in [0.29, 0.717) is 13.1 Å². The van der Waals surface area contributed by atoms with Crippen molar-refractivity contribution in [1.82, 2.24) is 15.5 Å². The summed E-state index contributed by atoms with van der Waals surface area (Å²) in [5.74, 6) is 0. The third kappa shape index (κ3) is 9.32. The van der Waals surface area contributed by atoms with Crippen LogP contribution in [0.5, 0.6) is 0 Å². The van der Waals surface area contributed by atoms with Gasteiger partial charge >= 0.3 is 6.03 Å². The number of hydrogen-bond donors (Lipinski definition) is 2. The van der Waals surface area contributed by atoms with E-state index in [4.69, 9.17) is 0 Å². The van der Waals surface area contributed by atoms with Gasteiger partial charge in [0, 0.05) is 19.6 Å². The Morgan fingerprint density at radius 2 is 1.79 bits per heavy atom. The number of rotatable bonds is 4. The zero-order valence-electron chi connectivity index (χ0n) is 9.98. The molecule has 84 valence electrons. The van der Waals surface area contributed by atoms with E-state index >= 15 is 0 Å². The fourth-order valence-corrected chi connectivity index (χ4v) is 0.801. The highest BCUT2D eigenvalue weighted by Crippen LogP contribution is 2.09. The molecule has 0 aliphatic carbocycles. The van der Waals surface area contributed by atoms with Crippen molar-refractivity contribution >= 4 is 6.03 Å². The summed E-state index contributed by atoms with van der Waals surface area (Å²) in [5, 5.41) is 5.62. The molecule has 0 aliphatic heterocycles. The van der Waals surface area contributed by atoms with Crippen LogP contribution >= 0.6 is 0 Å². The van der Waals surface area contributed by atoms with Crippen LogP contribution in [0.1, 0.15) is 20.8 Å². The normalized spacial score (nSPS) is 11.6. The number of nitrogens with one attached hydrogen (secondary N) is 2. The van der Waals surface area contributed by atoms with E-state index in [1.807, 2.05) is 19.0 Å². The van der Waals surface area contributed by atoms with E-state index in [2.05, 4.69) is 31.4 Å². The molecule has 0 heterocycles. The molecule has 0 rings (SSSR count). The molecular formula is C10H23N3O. The molecule has 0 saturated heterocycles. The Hall–Kier alpha value is -0.770. The number of carbonyl (C=O) groups excluding carboxylic acids is 1. The van der Waals surface area contributed by atoms with Crippen molar-refractivity contribution in [2.24, 2.45) is 5.41 Å². The van der Waals surface area contributed by atoms with E-state index in [1.54, 1.807) is 0 Å². The van der Waals surface area contributed by atoms with Gasteiger partial charge in [-0.25, -0.2) is 4.79 Å². The lowest BCUT2D eigenvalue weighted by atomic mass is 9.97. The first-order chi connectivity index (χ1) is 6.31. The first-order valence-corrected chi connectivity index (χ1v) is 4.98. The Morgan fingerprint density at radius 3 is 2.21 bits per heavy atom. The minimum atomic E-state index is -0.0817. The molecule has 0 aromatic rings. The highest BCUT2D eigenvalue weighted by Gasteiger charge is 2.11. The molecule has 0 bridgehead atoms. The Balaban J connectivity index is 3.47. The number of urea groups is 1. The number of hydrogen-bond acceptors (Lipinski definition) is 2. The number of carbonyl (C=O) groups is 1. The summed E-state index contributed by atoms with van der Waals surface area (Å²) in [4.78, 5) is 13.3. The summed E-state index contributed by atoms with van der Waals surface area (Å²) in [7, 11) is 3.96. The molecule has 0 unspecified atom stereocenters. The zero-order chi connectivity index (χ0) is 11.2. The fraction of sp³-hybridized carbons (Fsp3) is 0.900. The molecule has 2 N–H and O–H groups in total. The summed E-state index contributed by atoms with van der Waals surface area (Å²) in [6.45, 7) is 8.51. The summed E-state index contributed by atoms with van der Waals surface area (Å²) in [5.41, 5.74) is 0.138. The van der Waals surface area contributed by atoms with E-state index < -0.39 is 0 Å². The van der Waals surface area contributed by atoms with Crippen LogP contribution in [0.25, 0.3) is 0 Å². The van der Waals surface area contributed by atoms with Crippen molar-refractivity contribution in [1.29, 1.82) is 0 Å². The van der Waals surface area contributed by atoms with Crippen LogP contribution in [-0.4, -0.2) is 44.7 Å². The van der Waals surface area contributed by atoms with Crippen molar-refractivity contribution < 1.29 is 4.79 Å². The van der Waals surface area contributed by atoms with Gasteiger partial charge in [0.2, 0.25) is 0 Å². The highest BCUT2D eigenvalue weighted by molar-refractivity contribution is 5.73. The Kier molecular flexibility index (Phi) is 5.53. The van der Waals surface area contributed by atoms with Gasteiger partial charge in [-0.3, -0.25) is 0 Å². The number of amides is 2. The topological polar surface area (TPSA) is 44.4 Å². The summed E-state index contributed by atoms with van der Waals surface area (Å²) in [6, 6.07) is -0.0817. The maximum atomic E-state index is 11.2. The van der Waals surface area contributed by atoms with Gasteiger partial charge in [0.05, 0.1) is 0 Å². The molecule has 2 amide bonds. The van der Waals surface area contributed by atoms with Gasteiger partial charge in [-0.15, -0.1) is 0 Å². The zero-order valence-corrected chi connectivity index (χ0v) is 9.98. The van der Waals surface area contributed by atoms with Gasteiger partial charge in [-0.1, -0.05) is 20.8 Å². The monoisotopic (exact) mass is 201 g/mol. The summed E-state index contributed by atoms with van der Waals surface area (Å²) < 4.78 is 0. The molecule has 0 saturated carbocycles. The third-order valence-electron chi connectivity index (χ3n) is 1.62. The lowest BCUT2D eigenvalue weighted by Crippen LogP contribution is -2.42. The molecule has 4 heteroatoms. The standard InChI is InChI=1S/C10H23N3O/c1-10(2,3)8-12-9(14)11-6-7-13(4)5/h6-8H2,1-5H3,(H2,11,12,14). The number of nitrogens with zero attached hydrogens (tertiary/aromatic N) is 1. The molecule has 0 radical (unpaired) electrons. The van der Waals surface area contributed by atoms with Crippen molar-refractivity contribution in [2.75, 3.05) is 33.7 Å². The van der Waals surface area contributed by atoms with Gasteiger partial charge in [-0.2, -0.15) is 0 Å². The maximum Gasteiger partial charge on any atom is 0.314 e. The second-order valence-corrected chi connectivity index (χ2v) is 4.97. The van der Waals surface area contributed by atoms with Gasteiger partial charge < -0.3 is 15.5 Å². The van der Waals surface area contributed by atoms with E-state index in [-0.39, 0.29) is 11.4 Å². The van der Waals surface area contributed by atoms with Crippen LogP contribution in [0.2, 0.25) is 0 Å². The van der Waals surface area contributed by atoms with Crippen LogP contribution in [0.15, 0.2) is 0 Å². The summed E-state index contributed by atoms with van der Waals surface area (Å²) >= 11 is 0. The first-order valence-electron chi connectivity index (χ1n) is 4.98. The van der Waals surface area contributed by atoms with E-state index in [1.165, 1.54) is 0 Å². The molecule has 14 heavy (non-hydrogen) atoms. The quantitative estimate of drug-likeness (QED) is 0.709. The van der Waals surface area contributed by atoms with Crippen LogP contribution in [-0.2, 0) is 0 Å². The molecular weight excluding hydrogens is 178 g/mol. The van der Waals surface area contributed by atoms with Crippen LogP contribution in [0.3, 0.4) is 0 Å². The van der Waals surface area contributed by atoms with Crippen LogP contribution in [0, 0.1) is 5.41 Å². The van der Waals surface area contributed by atoms with Gasteiger partial charge in [-0.05, 0) is 19.5 Å². The smallest absolute Gasteiger partial charge is 0.314 e. The van der Waals surface area contributed by atoms with Crippen LogP contribution < -0.4 is 10.6 Å². The van der Waals surface area contributed by atoms with Crippen molar-refractivity contribution in [3.05, 3.63) is 0 Å². The largest absolute Gasteiger partial charge is 0.338 e. The second-order valence-electron chi connectivity index (χ2n) is 4.97. The molecule has 0 aromatic heterocycles. The maximum absolute atomic E-state index is 11.2. The van der Waals surface area contributed by atoms with Crippen molar-refractivity contribution in [3.8, 4) is 0 Å². The SMILES string of the molecule is CN(C)CCNC(=O)NCC(C)(C)C. The van der Waals surface area contributed by atoms with Crippen molar-refractivity contribution in [3.63, 3.8) is 0 Å². The predicted molar refractivity (Wildman–Crippen MR) is 59.4 cm³/mol. The minimum Gasteiger partial charge on any atom is -0.338 e. The van der Waals surface area contributed by atoms with Crippen LogP contribution in [0.4, 0.5) is 4.79 Å². The lowest BCUT2D eigenvalue weighted by molar-refractivity contribution is 0.234. The first kappa shape index (κ1) is 13.2.